The van der Waals surface area contributed by atoms with Gasteiger partial charge in [0.1, 0.15) is 5.75 Å². The van der Waals surface area contributed by atoms with Gasteiger partial charge in [0.05, 0.1) is 5.02 Å². The zero-order valence-corrected chi connectivity index (χ0v) is 9.52. The minimum atomic E-state index is 0.0745. The molecule has 1 aromatic carbocycles. The van der Waals surface area contributed by atoms with Gasteiger partial charge < -0.3 is 5.11 Å². The topological polar surface area (TPSA) is 35.5 Å². The highest BCUT2D eigenvalue weighted by Crippen LogP contribution is 2.30. The zero-order valence-electron chi connectivity index (χ0n) is 8.01. The van der Waals surface area contributed by atoms with E-state index in [2.05, 4.69) is 5.43 Å². The van der Waals surface area contributed by atoms with Gasteiger partial charge in [-0.3, -0.25) is 10.4 Å². The molecular weight excluding hydrogens is 223 g/mol. The Kier molecular flexibility index (Phi) is 4.01. The number of nitrogens with zero attached hydrogens (tertiary/aromatic N) is 1. The second kappa shape index (κ2) is 4.84. The van der Waals surface area contributed by atoms with Gasteiger partial charge in [-0.15, -0.1) is 0 Å². The number of phenolic OH excluding ortho intramolecular Hbond substituents is 1. The number of benzene rings is 1. The van der Waals surface area contributed by atoms with E-state index in [1.807, 2.05) is 14.1 Å². The number of hydrogen-bond donors (Lipinski definition) is 2. The molecule has 1 rings (SSSR count). The van der Waals surface area contributed by atoms with Crippen LogP contribution >= 0.6 is 23.2 Å². The smallest absolute Gasteiger partial charge is 0.138 e. The quantitative estimate of drug-likeness (QED) is 0.789. The lowest BCUT2D eigenvalue weighted by Crippen LogP contribution is -2.29. The first kappa shape index (κ1) is 11.6. The third-order valence-electron chi connectivity index (χ3n) is 1.69. The molecule has 0 unspecified atom stereocenters. The van der Waals surface area contributed by atoms with E-state index in [1.165, 1.54) is 6.07 Å². The molecular formula is C9H12Cl2N2O. The third-order valence-corrected chi connectivity index (χ3v) is 2.20. The summed E-state index contributed by atoms with van der Waals surface area (Å²) in [6.45, 7) is 0.485. The standard InChI is InChI=1S/C9H12Cl2N2O/c1-13(2)12-5-6-3-7(10)4-8(11)9(6)14/h3-4,12,14H,5H2,1-2H3. The van der Waals surface area contributed by atoms with Crippen molar-refractivity contribution in [3.63, 3.8) is 0 Å². The normalized spacial score (nSPS) is 10.9. The maximum absolute atomic E-state index is 9.59. The molecule has 0 saturated heterocycles. The fraction of sp³-hybridized carbons (Fsp3) is 0.333. The van der Waals surface area contributed by atoms with Crippen LogP contribution in [-0.4, -0.2) is 24.2 Å². The first-order valence-electron chi connectivity index (χ1n) is 4.08. The van der Waals surface area contributed by atoms with Crippen LogP contribution in [0.3, 0.4) is 0 Å². The van der Waals surface area contributed by atoms with Crippen LogP contribution in [0.15, 0.2) is 12.1 Å². The van der Waals surface area contributed by atoms with Gasteiger partial charge in [-0.1, -0.05) is 23.2 Å². The lowest BCUT2D eigenvalue weighted by molar-refractivity contribution is 0.283. The molecule has 0 aliphatic rings. The Hall–Kier alpha value is -0.480. The van der Waals surface area contributed by atoms with E-state index in [9.17, 15) is 5.11 Å². The van der Waals surface area contributed by atoms with E-state index in [-0.39, 0.29) is 10.8 Å². The summed E-state index contributed by atoms with van der Waals surface area (Å²) in [5.74, 6) is 0.0745. The molecule has 0 atom stereocenters. The molecule has 0 radical (unpaired) electrons. The summed E-state index contributed by atoms with van der Waals surface area (Å²) in [6.07, 6.45) is 0. The molecule has 0 fully saturated rings. The van der Waals surface area contributed by atoms with Crippen LogP contribution in [0, 0.1) is 0 Å². The van der Waals surface area contributed by atoms with Gasteiger partial charge in [0.2, 0.25) is 0 Å². The van der Waals surface area contributed by atoms with Crippen LogP contribution in [-0.2, 0) is 6.54 Å². The van der Waals surface area contributed by atoms with Crippen molar-refractivity contribution in [3.05, 3.63) is 27.7 Å². The summed E-state index contributed by atoms with van der Waals surface area (Å²) in [5.41, 5.74) is 3.69. The van der Waals surface area contributed by atoms with Crippen LogP contribution in [0.5, 0.6) is 5.75 Å². The van der Waals surface area contributed by atoms with Crippen molar-refractivity contribution in [1.82, 2.24) is 10.4 Å². The molecule has 0 bridgehead atoms. The summed E-state index contributed by atoms with van der Waals surface area (Å²) < 4.78 is 0. The molecule has 0 spiro atoms. The lowest BCUT2D eigenvalue weighted by atomic mass is 10.2. The van der Waals surface area contributed by atoms with Crippen LogP contribution in [0.1, 0.15) is 5.56 Å². The van der Waals surface area contributed by atoms with Crippen LogP contribution in [0.4, 0.5) is 0 Å². The molecule has 0 aliphatic heterocycles. The van der Waals surface area contributed by atoms with E-state index >= 15 is 0 Å². The van der Waals surface area contributed by atoms with E-state index in [0.717, 1.165) is 0 Å². The van der Waals surface area contributed by atoms with Crippen molar-refractivity contribution in [2.45, 2.75) is 6.54 Å². The number of aromatic hydroxyl groups is 1. The van der Waals surface area contributed by atoms with Crippen molar-refractivity contribution in [1.29, 1.82) is 0 Å². The molecule has 78 valence electrons. The molecule has 0 aliphatic carbocycles. The maximum atomic E-state index is 9.59. The number of nitrogens with one attached hydrogen (secondary N) is 1. The average molecular weight is 235 g/mol. The highest BCUT2D eigenvalue weighted by molar-refractivity contribution is 6.35. The second-order valence-corrected chi connectivity index (χ2v) is 3.97. The molecule has 2 N–H and O–H groups in total. The predicted octanol–water partition coefficient (Wildman–Crippen LogP) is 2.27. The largest absolute Gasteiger partial charge is 0.506 e. The first-order chi connectivity index (χ1) is 6.50. The number of hydrogen-bond acceptors (Lipinski definition) is 3. The molecule has 5 heteroatoms. The van der Waals surface area contributed by atoms with Gasteiger partial charge in [-0.25, -0.2) is 0 Å². The van der Waals surface area contributed by atoms with Gasteiger partial charge >= 0.3 is 0 Å². The number of phenols is 1. The SMILES string of the molecule is CN(C)NCc1cc(Cl)cc(Cl)c1O. The summed E-state index contributed by atoms with van der Waals surface area (Å²) in [7, 11) is 3.73. The minimum Gasteiger partial charge on any atom is -0.506 e. The summed E-state index contributed by atoms with van der Waals surface area (Å²) >= 11 is 11.6. The third kappa shape index (κ3) is 3.03. The average Bonchev–Trinajstić information content (AvgIpc) is 2.08. The fourth-order valence-corrected chi connectivity index (χ4v) is 1.53. The van der Waals surface area contributed by atoms with Crippen molar-refractivity contribution in [2.75, 3.05) is 14.1 Å². The molecule has 3 nitrogen and oxygen atoms in total. The Bertz CT molecular complexity index is 329. The van der Waals surface area contributed by atoms with Gasteiger partial charge in [0.15, 0.2) is 0 Å². The molecule has 0 aromatic heterocycles. The zero-order chi connectivity index (χ0) is 10.7. The summed E-state index contributed by atoms with van der Waals surface area (Å²) in [6, 6.07) is 3.19. The van der Waals surface area contributed by atoms with Crippen molar-refractivity contribution < 1.29 is 5.11 Å². The van der Waals surface area contributed by atoms with Crippen molar-refractivity contribution in [3.8, 4) is 5.75 Å². The Morgan fingerprint density at radius 2 is 2.00 bits per heavy atom. The lowest BCUT2D eigenvalue weighted by Gasteiger charge is -2.13. The Labute approximate surface area is 93.2 Å². The van der Waals surface area contributed by atoms with Gasteiger partial charge in [0.25, 0.3) is 0 Å². The molecule has 0 saturated carbocycles. The van der Waals surface area contributed by atoms with Gasteiger partial charge in [-0.2, -0.15) is 0 Å². The Morgan fingerprint density at radius 3 is 2.57 bits per heavy atom. The van der Waals surface area contributed by atoms with Crippen molar-refractivity contribution in [2.24, 2.45) is 0 Å². The van der Waals surface area contributed by atoms with Gasteiger partial charge in [0, 0.05) is 31.2 Å². The van der Waals surface area contributed by atoms with Crippen LogP contribution in [0.2, 0.25) is 10.0 Å². The van der Waals surface area contributed by atoms with E-state index < -0.39 is 0 Å². The number of hydrazine groups is 1. The molecule has 14 heavy (non-hydrogen) atoms. The highest BCUT2D eigenvalue weighted by atomic mass is 35.5. The van der Waals surface area contributed by atoms with E-state index in [1.54, 1.807) is 11.1 Å². The van der Waals surface area contributed by atoms with E-state index in [4.69, 9.17) is 23.2 Å². The monoisotopic (exact) mass is 234 g/mol. The number of rotatable bonds is 3. The van der Waals surface area contributed by atoms with Gasteiger partial charge in [-0.05, 0) is 12.1 Å². The maximum Gasteiger partial charge on any atom is 0.138 e. The minimum absolute atomic E-state index is 0.0745. The second-order valence-electron chi connectivity index (χ2n) is 3.12. The fourth-order valence-electron chi connectivity index (χ4n) is 0.997. The molecule has 0 heterocycles. The number of halogens is 2. The van der Waals surface area contributed by atoms with E-state index in [0.29, 0.717) is 17.1 Å². The first-order valence-corrected chi connectivity index (χ1v) is 4.84. The van der Waals surface area contributed by atoms with Crippen molar-refractivity contribution >= 4 is 23.2 Å². The Balaban J connectivity index is 2.85. The molecule has 1 aromatic rings. The molecule has 0 amide bonds. The van der Waals surface area contributed by atoms with Crippen LogP contribution in [0.25, 0.3) is 0 Å². The van der Waals surface area contributed by atoms with Crippen LogP contribution < -0.4 is 5.43 Å². The predicted molar refractivity (Wildman–Crippen MR) is 58.7 cm³/mol. The summed E-state index contributed by atoms with van der Waals surface area (Å²) in [5, 5.41) is 12.2. The highest BCUT2D eigenvalue weighted by Gasteiger charge is 2.07. The summed E-state index contributed by atoms with van der Waals surface area (Å²) in [4.78, 5) is 0. The Morgan fingerprint density at radius 1 is 1.36 bits per heavy atom.